The fourth-order valence-electron chi connectivity index (χ4n) is 1.70. The summed E-state index contributed by atoms with van der Waals surface area (Å²) in [7, 11) is 0. The minimum absolute atomic E-state index is 0.131. The van der Waals surface area contributed by atoms with Crippen molar-refractivity contribution in [3.63, 3.8) is 0 Å². The lowest BCUT2D eigenvalue weighted by atomic mass is 10.2. The zero-order valence-corrected chi connectivity index (χ0v) is 11.4. The molecule has 0 saturated heterocycles. The highest BCUT2D eigenvalue weighted by Crippen LogP contribution is 2.31. The Morgan fingerprint density at radius 3 is 2.55 bits per heavy atom. The number of amides is 1. The second kappa shape index (κ2) is 6.85. The maximum Gasteiger partial charge on any atom is 0.311 e. The fourth-order valence-corrected chi connectivity index (χ4v) is 1.70. The van der Waals surface area contributed by atoms with Gasteiger partial charge in [0.15, 0.2) is 0 Å². The van der Waals surface area contributed by atoms with Gasteiger partial charge in [-0.15, -0.1) is 0 Å². The van der Waals surface area contributed by atoms with Crippen LogP contribution in [0.4, 0.5) is 11.4 Å². The van der Waals surface area contributed by atoms with Crippen LogP contribution in [0.15, 0.2) is 48.5 Å². The molecule has 0 atom stereocenters. The van der Waals surface area contributed by atoms with Gasteiger partial charge in [-0.3, -0.25) is 14.9 Å². The van der Waals surface area contributed by atoms with Crippen molar-refractivity contribution in [2.45, 2.75) is 6.42 Å². The molecule has 2 aromatic rings. The molecule has 1 N–H and O–H groups in total. The Labute approximate surface area is 125 Å². The van der Waals surface area contributed by atoms with Crippen LogP contribution in [-0.4, -0.2) is 10.8 Å². The molecule has 0 aliphatic heterocycles. The van der Waals surface area contributed by atoms with Crippen molar-refractivity contribution in [2.75, 3.05) is 5.32 Å². The number of carbonyl (C=O) groups excluding carboxylic acids is 1. The summed E-state index contributed by atoms with van der Waals surface area (Å²) in [6.45, 7) is 0. The van der Waals surface area contributed by atoms with Crippen LogP contribution in [0.5, 0.6) is 11.5 Å². The van der Waals surface area contributed by atoms with E-state index in [1.54, 1.807) is 42.5 Å². The van der Waals surface area contributed by atoms with Gasteiger partial charge in [0.1, 0.15) is 12.2 Å². The first-order chi connectivity index (χ1) is 10.6. The number of ether oxygens (including phenoxy) is 1. The van der Waals surface area contributed by atoms with Gasteiger partial charge in [0, 0.05) is 11.8 Å². The van der Waals surface area contributed by atoms with Gasteiger partial charge in [0.25, 0.3) is 0 Å². The highest BCUT2D eigenvalue weighted by molar-refractivity contribution is 5.92. The molecular weight excluding hydrogens is 286 g/mol. The fraction of sp³-hybridized carbons (Fsp3) is 0.0667. The van der Waals surface area contributed by atoms with Crippen molar-refractivity contribution in [3.8, 4) is 17.6 Å². The van der Waals surface area contributed by atoms with E-state index in [9.17, 15) is 14.9 Å². The summed E-state index contributed by atoms with van der Waals surface area (Å²) in [5.74, 6) is 0.121. The third-order valence-electron chi connectivity index (χ3n) is 2.67. The molecule has 1 amide bonds. The van der Waals surface area contributed by atoms with Crippen LogP contribution in [0, 0.1) is 21.4 Å². The molecule has 2 aromatic carbocycles. The standard InChI is InChI=1S/C15H11N3O4/c16-10-9-15(19)17-11-5-7-12(8-6-11)22-14-4-2-1-3-13(14)18(20)21/h1-8H,9H2,(H,17,19). The number of nitro benzene ring substituents is 1. The average molecular weight is 297 g/mol. The summed E-state index contributed by atoms with van der Waals surface area (Å²) in [6.07, 6.45) is -0.228. The van der Waals surface area contributed by atoms with E-state index in [2.05, 4.69) is 5.32 Å². The molecule has 0 radical (unpaired) electrons. The third kappa shape index (κ3) is 3.80. The van der Waals surface area contributed by atoms with Crippen molar-refractivity contribution < 1.29 is 14.5 Å². The summed E-state index contributed by atoms with van der Waals surface area (Å²) in [5, 5.41) is 21.8. The van der Waals surface area contributed by atoms with Gasteiger partial charge in [-0.2, -0.15) is 5.26 Å². The number of nitro groups is 1. The van der Waals surface area contributed by atoms with Crippen LogP contribution in [0.1, 0.15) is 6.42 Å². The molecule has 0 heterocycles. The van der Waals surface area contributed by atoms with Crippen molar-refractivity contribution in [3.05, 3.63) is 58.6 Å². The Kier molecular flexibility index (Phi) is 4.67. The van der Waals surface area contributed by atoms with Gasteiger partial charge in [0.05, 0.1) is 11.0 Å². The van der Waals surface area contributed by atoms with Gasteiger partial charge in [-0.05, 0) is 30.3 Å². The van der Waals surface area contributed by atoms with Crippen LogP contribution < -0.4 is 10.1 Å². The Balaban J connectivity index is 2.11. The van der Waals surface area contributed by atoms with Crippen molar-refractivity contribution in [1.82, 2.24) is 0 Å². The zero-order valence-electron chi connectivity index (χ0n) is 11.4. The van der Waals surface area contributed by atoms with E-state index in [-0.39, 0.29) is 17.9 Å². The average Bonchev–Trinajstić information content (AvgIpc) is 2.50. The maximum atomic E-state index is 11.3. The molecule has 2 rings (SSSR count). The van der Waals surface area contributed by atoms with E-state index in [0.29, 0.717) is 11.4 Å². The molecule has 7 nitrogen and oxygen atoms in total. The van der Waals surface area contributed by atoms with Gasteiger partial charge in [-0.1, -0.05) is 12.1 Å². The SMILES string of the molecule is N#CCC(=O)Nc1ccc(Oc2ccccc2[N+](=O)[O-])cc1. The number of nitrogens with one attached hydrogen (secondary N) is 1. The zero-order chi connectivity index (χ0) is 15.9. The van der Waals surface area contributed by atoms with Crippen molar-refractivity contribution in [1.29, 1.82) is 5.26 Å². The Morgan fingerprint density at radius 2 is 1.91 bits per heavy atom. The van der Waals surface area contributed by atoms with Crippen LogP contribution in [-0.2, 0) is 4.79 Å². The minimum atomic E-state index is -0.522. The van der Waals surface area contributed by atoms with Crippen LogP contribution in [0.3, 0.4) is 0 Å². The molecule has 0 fully saturated rings. The number of rotatable bonds is 5. The minimum Gasteiger partial charge on any atom is -0.450 e. The van der Waals surface area contributed by atoms with Crippen LogP contribution >= 0.6 is 0 Å². The molecule has 7 heteroatoms. The Morgan fingerprint density at radius 1 is 1.23 bits per heavy atom. The molecule has 0 bridgehead atoms. The monoisotopic (exact) mass is 297 g/mol. The van der Waals surface area contributed by atoms with Gasteiger partial charge >= 0.3 is 5.69 Å². The van der Waals surface area contributed by atoms with E-state index in [0.717, 1.165) is 0 Å². The summed E-state index contributed by atoms with van der Waals surface area (Å²) >= 11 is 0. The predicted octanol–water partition coefficient (Wildman–Crippen LogP) is 3.24. The van der Waals surface area contributed by atoms with Crippen molar-refractivity contribution >= 4 is 17.3 Å². The van der Waals surface area contributed by atoms with E-state index >= 15 is 0 Å². The lowest BCUT2D eigenvalue weighted by molar-refractivity contribution is -0.385. The van der Waals surface area contributed by atoms with Crippen LogP contribution in [0.2, 0.25) is 0 Å². The summed E-state index contributed by atoms with van der Waals surface area (Å²) in [6, 6.07) is 14.1. The number of anilines is 1. The normalized spacial score (nSPS) is 9.59. The first-order valence-corrected chi connectivity index (χ1v) is 6.28. The van der Waals surface area contributed by atoms with Crippen molar-refractivity contribution in [2.24, 2.45) is 0 Å². The predicted molar refractivity (Wildman–Crippen MR) is 78.5 cm³/mol. The molecular formula is C15H11N3O4. The summed E-state index contributed by atoms with van der Waals surface area (Å²) in [5.41, 5.74) is 0.379. The van der Waals surface area contributed by atoms with E-state index in [1.807, 2.05) is 0 Å². The first kappa shape index (κ1) is 15.0. The molecule has 0 aliphatic rings. The molecule has 0 aliphatic carbocycles. The first-order valence-electron chi connectivity index (χ1n) is 6.28. The number of carbonyl (C=O) groups is 1. The molecule has 22 heavy (non-hydrogen) atoms. The number of benzene rings is 2. The topological polar surface area (TPSA) is 105 Å². The van der Waals surface area contributed by atoms with Gasteiger partial charge in [0.2, 0.25) is 11.7 Å². The number of hydrogen-bond acceptors (Lipinski definition) is 5. The maximum absolute atomic E-state index is 11.3. The third-order valence-corrected chi connectivity index (χ3v) is 2.67. The van der Waals surface area contributed by atoms with E-state index < -0.39 is 10.8 Å². The second-order valence-electron chi connectivity index (χ2n) is 4.23. The summed E-state index contributed by atoms with van der Waals surface area (Å²) in [4.78, 5) is 21.6. The highest BCUT2D eigenvalue weighted by atomic mass is 16.6. The second-order valence-corrected chi connectivity index (χ2v) is 4.23. The quantitative estimate of drug-likeness (QED) is 0.673. The number of hydrogen-bond donors (Lipinski definition) is 1. The Bertz CT molecular complexity index is 735. The number of nitrogens with zero attached hydrogens (tertiary/aromatic N) is 2. The van der Waals surface area contributed by atoms with Gasteiger partial charge < -0.3 is 10.1 Å². The lowest BCUT2D eigenvalue weighted by Gasteiger charge is -2.07. The number of nitriles is 1. The molecule has 0 unspecified atom stereocenters. The lowest BCUT2D eigenvalue weighted by Crippen LogP contribution is -2.09. The van der Waals surface area contributed by atoms with Crippen LogP contribution in [0.25, 0.3) is 0 Å². The number of para-hydroxylation sites is 2. The molecule has 0 saturated carbocycles. The van der Waals surface area contributed by atoms with E-state index in [1.165, 1.54) is 12.1 Å². The largest absolute Gasteiger partial charge is 0.450 e. The van der Waals surface area contributed by atoms with Gasteiger partial charge in [-0.25, -0.2) is 0 Å². The summed E-state index contributed by atoms with van der Waals surface area (Å²) < 4.78 is 5.47. The molecule has 0 spiro atoms. The Hall–Kier alpha value is -3.40. The highest BCUT2D eigenvalue weighted by Gasteiger charge is 2.14. The molecule has 110 valence electrons. The smallest absolute Gasteiger partial charge is 0.311 e. The molecule has 0 aromatic heterocycles. The van der Waals surface area contributed by atoms with E-state index in [4.69, 9.17) is 10.00 Å².